The Bertz CT molecular complexity index is 641. The average Bonchev–Trinajstić information content (AvgIpc) is 2.37. The second-order valence-electron chi connectivity index (χ2n) is 4.01. The molecule has 0 radical (unpaired) electrons. The minimum atomic E-state index is -0.472. The van der Waals surface area contributed by atoms with Gasteiger partial charge in [-0.15, -0.1) is 0 Å². The fraction of sp³-hybridized carbons (Fsp3) is 0.0714. The van der Waals surface area contributed by atoms with Crippen LogP contribution in [0.15, 0.2) is 36.4 Å². The van der Waals surface area contributed by atoms with Gasteiger partial charge in [-0.2, -0.15) is 0 Å². The number of halogens is 4. The number of carbonyl (C=O) groups excluding carboxylic acids is 1. The van der Waals surface area contributed by atoms with Gasteiger partial charge in [-0.3, -0.25) is 4.79 Å². The summed E-state index contributed by atoms with van der Waals surface area (Å²) >= 11 is 17.6. The normalized spacial score (nSPS) is 10.4. The van der Waals surface area contributed by atoms with Crippen molar-refractivity contribution in [1.82, 2.24) is 5.32 Å². The average molecular weight is 333 g/mol. The molecule has 0 aliphatic carbocycles. The Hall–Kier alpha value is -1.29. The summed E-state index contributed by atoms with van der Waals surface area (Å²) in [6, 6.07) is 8.86. The van der Waals surface area contributed by atoms with E-state index in [1.807, 2.05) is 0 Å². The first-order chi connectivity index (χ1) is 9.49. The highest BCUT2D eigenvalue weighted by Crippen LogP contribution is 2.22. The maximum absolute atomic E-state index is 13.6. The fourth-order valence-electron chi connectivity index (χ4n) is 1.64. The van der Waals surface area contributed by atoms with Crippen molar-refractivity contribution < 1.29 is 9.18 Å². The number of hydrogen-bond acceptors (Lipinski definition) is 1. The molecule has 104 valence electrons. The molecule has 6 heteroatoms. The van der Waals surface area contributed by atoms with Gasteiger partial charge in [0.05, 0.1) is 10.6 Å². The zero-order valence-electron chi connectivity index (χ0n) is 10.1. The quantitative estimate of drug-likeness (QED) is 0.866. The van der Waals surface area contributed by atoms with Crippen molar-refractivity contribution in [2.75, 3.05) is 0 Å². The largest absolute Gasteiger partial charge is 0.348 e. The van der Waals surface area contributed by atoms with E-state index in [0.717, 1.165) is 0 Å². The molecule has 0 atom stereocenters. The number of benzene rings is 2. The van der Waals surface area contributed by atoms with Gasteiger partial charge in [0, 0.05) is 22.2 Å². The van der Waals surface area contributed by atoms with Crippen LogP contribution in [-0.2, 0) is 6.54 Å². The predicted octanol–water partition coefficient (Wildman–Crippen LogP) is 4.72. The number of rotatable bonds is 3. The summed E-state index contributed by atoms with van der Waals surface area (Å²) in [5, 5.41) is 3.49. The summed E-state index contributed by atoms with van der Waals surface area (Å²) in [5.41, 5.74) is 0.496. The highest BCUT2D eigenvalue weighted by atomic mass is 35.5. The smallest absolute Gasteiger partial charge is 0.253 e. The van der Waals surface area contributed by atoms with E-state index in [0.29, 0.717) is 5.02 Å². The van der Waals surface area contributed by atoms with E-state index < -0.39 is 11.7 Å². The summed E-state index contributed by atoms with van der Waals surface area (Å²) in [4.78, 5) is 12.0. The summed E-state index contributed by atoms with van der Waals surface area (Å²) in [6.07, 6.45) is 0. The lowest BCUT2D eigenvalue weighted by Gasteiger charge is -2.09. The van der Waals surface area contributed by atoms with Crippen LogP contribution >= 0.6 is 34.8 Å². The second kappa shape index (κ2) is 6.44. The van der Waals surface area contributed by atoms with Gasteiger partial charge in [-0.1, -0.05) is 40.9 Å². The minimum Gasteiger partial charge on any atom is -0.348 e. The first kappa shape index (κ1) is 15.1. The number of amides is 1. The third-order valence-electron chi connectivity index (χ3n) is 2.66. The molecular formula is C14H9Cl3FNO. The third-order valence-corrected chi connectivity index (χ3v) is 3.57. The SMILES string of the molecule is O=C(NCc1c(F)cccc1Cl)c1ccc(Cl)cc1Cl. The molecule has 0 spiro atoms. The van der Waals surface area contributed by atoms with Gasteiger partial charge in [0.15, 0.2) is 0 Å². The molecule has 0 aliphatic heterocycles. The standard InChI is InChI=1S/C14H9Cl3FNO/c15-8-4-5-9(12(17)6-8)14(20)19-7-10-11(16)2-1-3-13(10)18/h1-6H,7H2,(H,19,20). The Balaban J connectivity index is 2.13. The zero-order valence-corrected chi connectivity index (χ0v) is 12.4. The van der Waals surface area contributed by atoms with E-state index in [1.165, 1.54) is 24.3 Å². The molecule has 0 aromatic heterocycles. The van der Waals surface area contributed by atoms with E-state index in [4.69, 9.17) is 34.8 Å². The van der Waals surface area contributed by atoms with Crippen LogP contribution in [0.5, 0.6) is 0 Å². The van der Waals surface area contributed by atoms with Crippen molar-refractivity contribution in [2.45, 2.75) is 6.54 Å². The van der Waals surface area contributed by atoms with Crippen LogP contribution in [0.3, 0.4) is 0 Å². The van der Waals surface area contributed by atoms with Crippen LogP contribution in [-0.4, -0.2) is 5.91 Å². The van der Waals surface area contributed by atoms with Crippen molar-refractivity contribution in [3.63, 3.8) is 0 Å². The van der Waals surface area contributed by atoms with Crippen LogP contribution in [0.2, 0.25) is 15.1 Å². The summed E-state index contributed by atoms with van der Waals surface area (Å²) in [7, 11) is 0. The monoisotopic (exact) mass is 331 g/mol. The van der Waals surface area contributed by atoms with Gasteiger partial charge in [0.2, 0.25) is 0 Å². The molecule has 0 heterocycles. The number of hydrogen-bond donors (Lipinski definition) is 1. The molecule has 0 bridgehead atoms. The molecular weight excluding hydrogens is 324 g/mol. The Kier molecular flexibility index (Phi) is 4.86. The molecule has 1 amide bonds. The molecule has 1 N–H and O–H groups in total. The molecule has 2 nitrogen and oxygen atoms in total. The Labute approximate surface area is 130 Å². The zero-order chi connectivity index (χ0) is 14.7. The van der Waals surface area contributed by atoms with Gasteiger partial charge < -0.3 is 5.32 Å². The van der Waals surface area contributed by atoms with Crippen molar-refractivity contribution in [2.24, 2.45) is 0 Å². The van der Waals surface area contributed by atoms with E-state index in [-0.39, 0.29) is 27.7 Å². The lowest BCUT2D eigenvalue weighted by atomic mass is 10.2. The van der Waals surface area contributed by atoms with E-state index in [9.17, 15) is 9.18 Å². The van der Waals surface area contributed by atoms with E-state index in [2.05, 4.69) is 5.32 Å². The third kappa shape index (κ3) is 3.42. The molecule has 0 fully saturated rings. The van der Waals surface area contributed by atoms with Crippen molar-refractivity contribution in [3.05, 3.63) is 68.4 Å². The first-order valence-corrected chi connectivity index (χ1v) is 6.78. The molecule has 2 aromatic rings. The number of nitrogens with one attached hydrogen (secondary N) is 1. The van der Waals surface area contributed by atoms with Crippen molar-refractivity contribution in [3.8, 4) is 0 Å². The minimum absolute atomic E-state index is 0.0245. The van der Waals surface area contributed by atoms with Gasteiger partial charge >= 0.3 is 0 Å². The molecule has 0 saturated heterocycles. The predicted molar refractivity (Wildman–Crippen MR) is 79.0 cm³/mol. The lowest BCUT2D eigenvalue weighted by Crippen LogP contribution is -2.23. The van der Waals surface area contributed by atoms with E-state index >= 15 is 0 Å². The number of carbonyl (C=O) groups is 1. The Morgan fingerprint density at radius 2 is 1.85 bits per heavy atom. The molecule has 2 rings (SSSR count). The first-order valence-electron chi connectivity index (χ1n) is 5.65. The highest BCUT2D eigenvalue weighted by Gasteiger charge is 2.12. The highest BCUT2D eigenvalue weighted by molar-refractivity contribution is 6.36. The van der Waals surface area contributed by atoms with Gasteiger partial charge in [-0.05, 0) is 30.3 Å². The molecule has 0 saturated carbocycles. The van der Waals surface area contributed by atoms with Crippen LogP contribution in [0.25, 0.3) is 0 Å². The summed E-state index contributed by atoms with van der Waals surface area (Å²) in [6.45, 7) is -0.0245. The molecule has 0 unspecified atom stereocenters. The Morgan fingerprint density at radius 1 is 1.10 bits per heavy atom. The summed E-state index contributed by atoms with van der Waals surface area (Å²) < 4.78 is 13.6. The maximum atomic E-state index is 13.6. The second-order valence-corrected chi connectivity index (χ2v) is 5.26. The van der Waals surface area contributed by atoms with Crippen LogP contribution < -0.4 is 5.32 Å². The Morgan fingerprint density at radius 3 is 2.50 bits per heavy atom. The van der Waals surface area contributed by atoms with Crippen molar-refractivity contribution in [1.29, 1.82) is 0 Å². The van der Waals surface area contributed by atoms with Gasteiger partial charge in [0.25, 0.3) is 5.91 Å². The topological polar surface area (TPSA) is 29.1 Å². The maximum Gasteiger partial charge on any atom is 0.253 e. The lowest BCUT2D eigenvalue weighted by molar-refractivity contribution is 0.0951. The van der Waals surface area contributed by atoms with Crippen molar-refractivity contribution >= 4 is 40.7 Å². The van der Waals surface area contributed by atoms with Crippen LogP contribution in [0.4, 0.5) is 4.39 Å². The molecule has 0 aliphatic rings. The van der Waals surface area contributed by atoms with Gasteiger partial charge in [0.1, 0.15) is 5.82 Å². The van der Waals surface area contributed by atoms with E-state index in [1.54, 1.807) is 12.1 Å². The summed E-state index contributed by atoms with van der Waals surface area (Å²) in [5.74, 6) is -0.897. The molecule has 2 aromatic carbocycles. The van der Waals surface area contributed by atoms with Gasteiger partial charge in [-0.25, -0.2) is 4.39 Å². The fourth-order valence-corrected chi connectivity index (χ4v) is 2.36. The molecule has 20 heavy (non-hydrogen) atoms. The van der Waals surface area contributed by atoms with Crippen LogP contribution in [0, 0.1) is 5.82 Å². The van der Waals surface area contributed by atoms with Crippen LogP contribution in [0.1, 0.15) is 15.9 Å².